The van der Waals surface area contributed by atoms with Crippen molar-refractivity contribution in [3.63, 3.8) is 0 Å². The van der Waals surface area contributed by atoms with Gasteiger partial charge in [-0.25, -0.2) is 59.8 Å². The maximum atomic E-state index is 12.8. The fraction of sp³-hybridized carbons (Fsp3) is 0.302. The first-order valence-electron chi connectivity index (χ1n) is 48.1. The van der Waals surface area contributed by atoms with Crippen LogP contribution < -0.4 is 19.6 Å². The van der Waals surface area contributed by atoms with Crippen LogP contribution in [0.5, 0.6) is 0 Å². The van der Waals surface area contributed by atoms with Crippen molar-refractivity contribution in [3.05, 3.63) is 205 Å². The summed E-state index contributed by atoms with van der Waals surface area (Å²) in [5.41, 5.74) is 19.8. The van der Waals surface area contributed by atoms with Crippen molar-refractivity contribution in [2.45, 2.75) is 32.4 Å². The van der Waals surface area contributed by atoms with Gasteiger partial charge in [-0.1, -0.05) is 55.0 Å². The second-order valence-electron chi connectivity index (χ2n) is 36.7. The highest BCUT2D eigenvalue weighted by Gasteiger charge is 2.32. The van der Waals surface area contributed by atoms with Gasteiger partial charge in [0, 0.05) is 233 Å². The van der Waals surface area contributed by atoms with E-state index in [9.17, 15) is 9.59 Å². The zero-order chi connectivity index (χ0) is 95.1. The predicted molar refractivity (Wildman–Crippen MR) is 547 cm³/mol. The summed E-state index contributed by atoms with van der Waals surface area (Å²) >= 11 is 0. The molecule has 4 N–H and O–H groups in total. The molecule has 26 rings (SSSR count). The number of nitrogens with one attached hydrogen (secondary N) is 4. The van der Waals surface area contributed by atoms with E-state index in [1.54, 1.807) is 38.6 Å². The van der Waals surface area contributed by atoms with Crippen molar-refractivity contribution < 1.29 is 46.2 Å². The smallest absolute Gasteiger partial charge is 0.246 e. The second-order valence-corrected chi connectivity index (χ2v) is 36.7. The lowest BCUT2D eigenvalue weighted by Crippen LogP contribution is -2.46. The third kappa shape index (κ3) is 18.2. The maximum Gasteiger partial charge on any atom is 0.246 e. The zero-order valence-electron chi connectivity index (χ0n) is 79.0. The van der Waals surface area contributed by atoms with Gasteiger partial charge in [-0.2, -0.15) is 0 Å². The summed E-state index contributed by atoms with van der Waals surface area (Å²) in [7, 11) is 9.60. The van der Waals surface area contributed by atoms with Crippen LogP contribution in [-0.4, -0.2) is 296 Å². The molecule has 0 atom stereocenters. The van der Waals surface area contributed by atoms with Crippen LogP contribution in [0.15, 0.2) is 201 Å². The van der Waals surface area contributed by atoms with Gasteiger partial charge in [-0.3, -0.25) is 14.5 Å². The van der Waals surface area contributed by atoms with Crippen LogP contribution in [0.1, 0.15) is 41.5 Å². The fourth-order valence-corrected chi connectivity index (χ4v) is 19.5. The molecule has 22 heterocycles. The molecule has 6 aliphatic rings. The highest BCUT2D eigenvalue weighted by Crippen LogP contribution is 2.43. The van der Waals surface area contributed by atoms with E-state index in [0.29, 0.717) is 159 Å². The molecule has 4 aromatic carbocycles. The Morgan fingerprint density at radius 1 is 0.362 bits per heavy atom. The first kappa shape index (κ1) is 89.4. The number of nitrogens with zero attached hydrogens (tertiary/aromatic N) is 21. The van der Waals surface area contributed by atoms with E-state index in [4.69, 9.17) is 81.5 Å². The number of rotatable bonds is 16. The van der Waals surface area contributed by atoms with Gasteiger partial charge in [-0.15, -0.1) is 0 Å². The molecule has 6 saturated heterocycles. The van der Waals surface area contributed by atoms with E-state index in [1.165, 1.54) is 35.8 Å². The molecule has 16 aromatic heterocycles. The first-order valence-corrected chi connectivity index (χ1v) is 48.1. The maximum absolute atomic E-state index is 12.8. The summed E-state index contributed by atoms with van der Waals surface area (Å²) in [5.74, 6) is 5.64. The van der Waals surface area contributed by atoms with Gasteiger partial charge >= 0.3 is 0 Å². The molecule has 6 aliphatic heterocycles. The SMILES string of the molecule is CN(C)C(=O)/C=C/c1cnc2oc3c(N4CCOCC4)nc(-c4cccc5[nH]ccc45)nc3c2c1.CN(C)Cc1cnc2oc3c(N4CCOCC4)nc(-c4cccc5[nH]ccc45)nc3c2c1.CN1CCN(C(=O)/C=C/c2cnc3oc4c(N5CCOCC5)nc(-c5cccc6[nH]ccc56)nc4c3c2)CC1.c1cc(-c2nc(N3CCOCC3)c3oc4ncc(CN5CCCCC5)cc4c3n2)c2cc[nH]c2c1. The van der Waals surface area contributed by atoms with Gasteiger partial charge in [0.1, 0.15) is 22.1 Å². The van der Waals surface area contributed by atoms with E-state index in [1.807, 2.05) is 135 Å². The van der Waals surface area contributed by atoms with Crippen molar-refractivity contribution >= 4 is 180 Å². The molecule has 141 heavy (non-hydrogen) atoms. The highest BCUT2D eigenvalue weighted by atomic mass is 16.5. The number of benzene rings is 4. The number of hydrogen-bond acceptors (Lipinski definition) is 29. The standard InChI is InChI=1S/C29H29N7O3.C27H28N6O2.C26H24N6O3.C24H24N6O2/c1-34-9-11-35(12-10-34)24(37)6-5-19-17-22-25-26(39-29(22)31-18-19)28(36-13-15-38-16-14-36)33-27(32-25)21-3-2-4-23-20(21)7-8-30-23;1-2-9-32(10-3-1)17-18-15-21-23-24(35-27(21)29-16-18)26(33-11-13-34-14-12-33)31-25(30-23)20-5-4-6-22-19(20)7-8-28-22;1-31(2)21(33)7-6-16-14-19-22-23(35-26(19)28-15-16)25(32-10-12-34-13-11-32)30-24(29-22)18-4-3-5-20-17(18)8-9-27-20;1-29(2)14-15-12-18-20-21(32-24(18)26-13-15)23(30-8-10-31-11-9-30)28-22(27-20)17-4-3-5-19-16(17)6-7-25-19/h2-8,17-18,30H,9-16H2,1H3;4-8,15-16,28H,1-3,9-14,17H2;3-9,14-15,27H,10-13H2,1-2H3;3-7,12-13,25H,8-11,14H2,1-2H3/b6-5+;;7-6+;. The zero-order valence-corrected chi connectivity index (χ0v) is 79.0. The Kier molecular flexibility index (Phi) is 24.8. The molecule has 0 spiro atoms. The van der Waals surface area contributed by atoms with Crippen LogP contribution in [0.4, 0.5) is 23.3 Å². The molecule has 0 bridgehead atoms. The average molecular weight is 1890 g/mol. The fourth-order valence-electron chi connectivity index (χ4n) is 19.5. The summed E-state index contributed by atoms with van der Waals surface area (Å²) < 4.78 is 47.3. The van der Waals surface area contributed by atoms with Crippen molar-refractivity contribution in [3.8, 4) is 45.6 Å². The number of morpholine rings is 4. The lowest BCUT2D eigenvalue weighted by molar-refractivity contribution is -0.127. The first-order chi connectivity index (χ1) is 69.2. The van der Waals surface area contributed by atoms with Crippen molar-refractivity contribution in [2.75, 3.05) is 199 Å². The molecular formula is C106H105N25O10. The summed E-state index contributed by atoms with van der Waals surface area (Å²) in [6.07, 6.45) is 25.6. The Morgan fingerprint density at radius 2 is 0.695 bits per heavy atom. The topological polar surface area (TPSA) is 371 Å². The van der Waals surface area contributed by atoms with Crippen molar-refractivity contribution in [1.82, 2.24) is 104 Å². The van der Waals surface area contributed by atoms with Gasteiger partial charge in [0.15, 0.2) is 68.9 Å². The Labute approximate surface area is 808 Å². The number of likely N-dealkylation sites (N-methyl/N-ethyl adjacent to an activating group) is 2. The van der Waals surface area contributed by atoms with Crippen LogP contribution in [0.2, 0.25) is 0 Å². The van der Waals surface area contributed by atoms with Crippen LogP contribution in [0.25, 0.3) is 190 Å². The van der Waals surface area contributed by atoms with Crippen molar-refractivity contribution in [2.24, 2.45) is 0 Å². The number of anilines is 4. The monoisotopic (exact) mass is 1890 g/mol. The number of furan rings is 4. The molecule has 0 radical (unpaired) electrons. The number of piperidine rings is 1. The van der Waals surface area contributed by atoms with E-state index in [2.05, 4.69) is 125 Å². The van der Waals surface area contributed by atoms with E-state index in [-0.39, 0.29) is 11.8 Å². The van der Waals surface area contributed by atoms with Crippen LogP contribution >= 0.6 is 0 Å². The minimum absolute atomic E-state index is 0.0130. The minimum atomic E-state index is -0.0963. The molecule has 35 nitrogen and oxygen atoms in total. The molecule has 20 aromatic rings. The van der Waals surface area contributed by atoms with E-state index < -0.39 is 0 Å². The van der Waals surface area contributed by atoms with Gasteiger partial charge in [-0.05, 0) is 154 Å². The molecule has 714 valence electrons. The number of amides is 2. The van der Waals surface area contributed by atoms with Gasteiger partial charge in [0.05, 0.1) is 74.4 Å². The van der Waals surface area contributed by atoms with Gasteiger partial charge in [0.25, 0.3) is 0 Å². The number of H-pyrrole nitrogens is 4. The number of hydrogen-bond donors (Lipinski definition) is 4. The number of carbonyl (C=O) groups is 2. The largest absolute Gasteiger partial charge is 0.432 e. The van der Waals surface area contributed by atoms with Crippen LogP contribution in [0, 0.1) is 0 Å². The quantitative estimate of drug-likeness (QED) is 0.0653. The molecule has 35 heteroatoms. The Balaban J connectivity index is 0.000000105. The molecule has 0 unspecified atom stereocenters. The van der Waals surface area contributed by atoms with Crippen molar-refractivity contribution in [1.29, 1.82) is 0 Å². The number of carbonyl (C=O) groups excluding carboxylic acids is 2. The third-order valence-electron chi connectivity index (χ3n) is 26.8. The molecule has 2 amide bonds. The molecule has 0 aliphatic carbocycles. The van der Waals surface area contributed by atoms with Crippen LogP contribution in [-0.2, 0) is 41.6 Å². The van der Waals surface area contributed by atoms with Gasteiger partial charge in [0.2, 0.25) is 34.7 Å². The third-order valence-corrected chi connectivity index (χ3v) is 26.8. The van der Waals surface area contributed by atoms with Gasteiger partial charge < -0.3 is 95.8 Å². The number of ether oxygens (including phenoxy) is 4. The lowest BCUT2D eigenvalue weighted by Gasteiger charge is -2.31. The second kappa shape index (κ2) is 39.1. The van der Waals surface area contributed by atoms with E-state index >= 15 is 0 Å². The number of fused-ring (bicyclic) bond motifs is 16. The van der Waals surface area contributed by atoms with E-state index in [0.717, 1.165) is 217 Å². The van der Waals surface area contributed by atoms with Crippen LogP contribution in [0.3, 0.4) is 0 Å². The number of aromatic amines is 4. The summed E-state index contributed by atoms with van der Waals surface area (Å²) in [6, 6.07) is 41.0. The minimum Gasteiger partial charge on any atom is -0.432 e. The summed E-state index contributed by atoms with van der Waals surface area (Å²) in [5, 5.41) is 7.75. The highest BCUT2D eigenvalue weighted by molar-refractivity contribution is 6.11. The Bertz CT molecular complexity index is 8130. The lowest BCUT2D eigenvalue weighted by atomic mass is 10.1. The molecule has 6 fully saturated rings. The Hall–Kier alpha value is -15.5. The molecule has 0 saturated carbocycles. The number of likely N-dealkylation sites (tertiary alicyclic amines) is 1. The number of piperazine rings is 1. The number of pyridine rings is 4. The average Bonchev–Trinajstić information content (AvgIpc) is 1.61. The summed E-state index contributed by atoms with van der Waals surface area (Å²) in [6.45, 7) is 18.4. The summed E-state index contributed by atoms with van der Waals surface area (Å²) in [4.78, 5) is 115. The molecular weight excluding hydrogens is 1780 g/mol. The Morgan fingerprint density at radius 3 is 1.05 bits per heavy atom. The number of aromatic nitrogens is 16. The normalized spacial score (nSPS) is 16.1. The predicted octanol–water partition coefficient (Wildman–Crippen LogP) is 16.0.